The van der Waals surface area contributed by atoms with Crippen LogP contribution in [0.4, 0.5) is 4.79 Å². The Balaban J connectivity index is 4.07. The van der Waals surface area contributed by atoms with Gasteiger partial charge in [-0.1, -0.05) is 6.92 Å². The van der Waals surface area contributed by atoms with Crippen molar-refractivity contribution in [3.63, 3.8) is 0 Å². The highest BCUT2D eigenvalue weighted by Crippen LogP contribution is 2.14. The second kappa shape index (κ2) is 6.06. The molecule has 1 amide bonds. The molecule has 2 N–H and O–H groups in total. The Hall–Kier alpha value is -0.810. The number of hydrogen-bond donors (Lipinski definition) is 2. The molecule has 0 saturated heterocycles. The van der Waals surface area contributed by atoms with Gasteiger partial charge in [0.05, 0.1) is 13.2 Å². The number of rotatable bonds is 5. The lowest BCUT2D eigenvalue weighted by Gasteiger charge is -2.27. The molecule has 0 fully saturated rings. The van der Waals surface area contributed by atoms with E-state index in [4.69, 9.17) is 9.47 Å². The summed E-state index contributed by atoms with van der Waals surface area (Å²) in [7, 11) is 1.56. The van der Waals surface area contributed by atoms with Crippen molar-refractivity contribution in [1.82, 2.24) is 5.32 Å². The molecule has 0 saturated carbocycles. The molecule has 0 heterocycles. The number of carbonyl (C=O) groups is 1. The number of aliphatic hydroxyl groups excluding tert-OH is 1. The van der Waals surface area contributed by atoms with Gasteiger partial charge >= 0.3 is 6.09 Å². The maximum absolute atomic E-state index is 11.4. The van der Waals surface area contributed by atoms with Crippen LogP contribution in [-0.2, 0) is 9.47 Å². The number of methoxy groups -OCH3 is 1. The minimum Gasteiger partial charge on any atom is -0.444 e. The molecule has 1 atom stereocenters. The van der Waals surface area contributed by atoms with Crippen LogP contribution < -0.4 is 5.32 Å². The van der Waals surface area contributed by atoms with Gasteiger partial charge < -0.3 is 19.9 Å². The van der Waals surface area contributed by atoms with Gasteiger partial charge in [0.15, 0.2) is 0 Å². The molecule has 0 aromatic carbocycles. The number of nitrogens with one attached hydrogen (secondary N) is 1. The van der Waals surface area contributed by atoms with E-state index in [-0.39, 0.29) is 6.61 Å². The van der Waals surface area contributed by atoms with Crippen molar-refractivity contribution in [2.75, 3.05) is 26.9 Å². The minimum atomic E-state index is -0.513. The van der Waals surface area contributed by atoms with Gasteiger partial charge in [0, 0.05) is 19.1 Å². The molecule has 0 aromatic rings. The van der Waals surface area contributed by atoms with Crippen molar-refractivity contribution >= 4 is 6.09 Å². The molecular formula is C11H23NO4. The normalized spacial score (nSPS) is 15.4. The summed E-state index contributed by atoms with van der Waals surface area (Å²) in [6.45, 7) is 7.85. The van der Waals surface area contributed by atoms with Crippen LogP contribution in [0.3, 0.4) is 0 Å². The van der Waals surface area contributed by atoms with Crippen LogP contribution in [0.15, 0.2) is 0 Å². The van der Waals surface area contributed by atoms with E-state index in [0.29, 0.717) is 13.2 Å². The Kier molecular flexibility index (Phi) is 5.75. The van der Waals surface area contributed by atoms with Gasteiger partial charge in [-0.05, 0) is 20.8 Å². The Labute approximate surface area is 97.1 Å². The molecule has 0 rings (SSSR count). The second-order valence-electron chi connectivity index (χ2n) is 5.26. The molecular weight excluding hydrogens is 210 g/mol. The third-order valence-electron chi connectivity index (χ3n) is 1.93. The fraction of sp³-hybridized carbons (Fsp3) is 0.909. The summed E-state index contributed by atoms with van der Waals surface area (Å²) in [4.78, 5) is 11.4. The quantitative estimate of drug-likeness (QED) is 0.747. The molecule has 5 nitrogen and oxygen atoms in total. The first-order chi connectivity index (χ1) is 7.22. The number of ether oxygens (including phenoxy) is 2. The second-order valence-corrected chi connectivity index (χ2v) is 5.26. The molecule has 0 spiro atoms. The van der Waals surface area contributed by atoms with Crippen LogP contribution >= 0.6 is 0 Å². The lowest BCUT2D eigenvalue weighted by atomic mass is 9.93. The standard InChI is InChI=1S/C11H23NO4/c1-10(2,3)16-9(14)12-6-11(4,7-13)8-15-5/h13H,6-8H2,1-5H3,(H,12,14). The average molecular weight is 233 g/mol. The van der Waals surface area contributed by atoms with Crippen molar-refractivity contribution in [3.8, 4) is 0 Å². The maximum atomic E-state index is 11.4. The molecule has 0 aliphatic carbocycles. The average Bonchev–Trinajstić information content (AvgIpc) is 2.13. The zero-order valence-electron chi connectivity index (χ0n) is 10.8. The van der Waals surface area contributed by atoms with Crippen molar-refractivity contribution < 1.29 is 19.4 Å². The van der Waals surface area contributed by atoms with E-state index < -0.39 is 17.1 Å². The lowest BCUT2D eigenvalue weighted by molar-refractivity contribution is 0.0292. The number of aliphatic hydroxyl groups is 1. The van der Waals surface area contributed by atoms with Crippen LogP contribution in [0.25, 0.3) is 0 Å². The van der Waals surface area contributed by atoms with Gasteiger partial charge in [-0.2, -0.15) is 0 Å². The highest BCUT2D eigenvalue weighted by Gasteiger charge is 2.25. The molecule has 0 aromatic heterocycles. The van der Waals surface area contributed by atoms with Crippen molar-refractivity contribution in [2.45, 2.75) is 33.3 Å². The number of hydrogen-bond acceptors (Lipinski definition) is 4. The van der Waals surface area contributed by atoms with Crippen LogP contribution in [-0.4, -0.2) is 43.7 Å². The van der Waals surface area contributed by atoms with Crippen LogP contribution in [0.5, 0.6) is 0 Å². The van der Waals surface area contributed by atoms with E-state index in [1.54, 1.807) is 27.9 Å². The zero-order chi connectivity index (χ0) is 12.8. The Morgan fingerprint density at radius 1 is 1.31 bits per heavy atom. The smallest absolute Gasteiger partial charge is 0.407 e. The molecule has 1 unspecified atom stereocenters. The van der Waals surface area contributed by atoms with Crippen molar-refractivity contribution in [1.29, 1.82) is 0 Å². The highest BCUT2D eigenvalue weighted by molar-refractivity contribution is 5.67. The van der Waals surface area contributed by atoms with E-state index in [1.165, 1.54) is 0 Å². The summed E-state index contributed by atoms with van der Waals surface area (Å²) in [6, 6.07) is 0. The van der Waals surface area contributed by atoms with E-state index >= 15 is 0 Å². The molecule has 0 bridgehead atoms. The highest BCUT2D eigenvalue weighted by atomic mass is 16.6. The summed E-state index contributed by atoms with van der Waals surface area (Å²) in [5.74, 6) is 0. The first-order valence-electron chi connectivity index (χ1n) is 5.29. The summed E-state index contributed by atoms with van der Waals surface area (Å²) < 4.78 is 10.1. The third-order valence-corrected chi connectivity index (χ3v) is 1.93. The predicted octanol–water partition coefficient (Wildman–Crippen LogP) is 1.16. The molecule has 16 heavy (non-hydrogen) atoms. The van der Waals surface area contributed by atoms with E-state index in [2.05, 4.69) is 5.32 Å². The Morgan fingerprint density at radius 3 is 2.25 bits per heavy atom. The Bertz CT molecular complexity index is 225. The first-order valence-corrected chi connectivity index (χ1v) is 5.29. The summed E-state index contributed by atoms with van der Waals surface area (Å²) in [5, 5.41) is 11.8. The first kappa shape index (κ1) is 15.2. The summed E-state index contributed by atoms with van der Waals surface area (Å²) in [6.07, 6.45) is -0.483. The van der Waals surface area contributed by atoms with E-state index in [0.717, 1.165) is 0 Å². The van der Waals surface area contributed by atoms with Gasteiger partial charge in [0.25, 0.3) is 0 Å². The van der Waals surface area contributed by atoms with Crippen LogP contribution in [0.2, 0.25) is 0 Å². The topological polar surface area (TPSA) is 67.8 Å². The maximum Gasteiger partial charge on any atom is 0.407 e. The lowest BCUT2D eigenvalue weighted by Crippen LogP contribution is -2.42. The Morgan fingerprint density at radius 2 is 1.88 bits per heavy atom. The number of carbonyl (C=O) groups excluding carboxylic acids is 1. The van der Waals surface area contributed by atoms with Crippen molar-refractivity contribution in [2.24, 2.45) is 5.41 Å². The van der Waals surface area contributed by atoms with Gasteiger partial charge in [-0.15, -0.1) is 0 Å². The summed E-state index contributed by atoms with van der Waals surface area (Å²) >= 11 is 0. The van der Waals surface area contributed by atoms with Crippen LogP contribution in [0, 0.1) is 5.41 Å². The molecule has 5 heteroatoms. The predicted molar refractivity (Wildman–Crippen MR) is 61.3 cm³/mol. The fourth-order valence-corrected chi connectivity index (χ4v) is 1.10. The molecule has 96 valence electrons. The van der Waals surface area contributed by atoms with Gasteiger partial charge in [-0.3, -0.25) is 0 Å². The van der Waals surface area contributed by atoms with Gasteiger partial charge in [-0.25, -0.2) is 4.79 Å². The number of amides is 1. The monoisotopic (exact) mass is 233 g/mol. The van der Waals surface area contributed by atoms with Gasteiger partial charge in [0.1, 0.15) is 5.60 Å². The summed E-state index contributed by atoms with van der Waals surface area (Å²) in [5.41, 5.74) is -0.993. The SMILES string of the molecule is COCC(C)(CO)CNC(=O)OC(C)(C)C. The van der Waals surface area contributed by atoms with Crippen LogP contribution in [0.1, 0.15) is 27.7 Å². The fourth-order valence-electron chi connectivity index (χ4n) is 1.10. The molecule has 0 aliphatic rings. The van der Waals surface area contributed by atoms with E-state index in [1.807, 2.05) is 6.92 Å². The van der Waals surface area contributed by atoms with E-state index in [9.17, 15) is 9.90 Å². The third kappa shape index (κ3) is 6.63. The van der Waals surface area contributed by atoms with Gasteiger partial charge in [0.2, 0.25) is 0 Å². The molecule has 0 aliphatic heterocycles. The minimum absolute atomic E-state index is 0.0589. The number of alkyl carbamates (subject to hydrolysis) is 1. The molecule has 0 radical (unpaired) electrons. The largest absolute Gasteiger partial charge is 0.444 e. The zero-order valence-corrected chi connectivity index (χ0v) is 10.8. The van der Waals surface area contributed by atoms with Crippen molar-refractivity contribution in [3.05, 3.63) is 0 Å².